The lowest BCUT2D eigenvalue weighted by atomic mass is 10.0. The molecule has 2 heterocycles. The van der Waals surface area contributed by atoms with Gasteiger partial charge < -0.3 is 0 Å². The molecule has 2 fully saturated rings. The van der Waals surface area contributed by atoms with E-state index in [-0.39, 0.29) is 17.9 Å². The molecule has 2 rings (SSSR count). The fourth-order valence-electron chi connectivity index (χ4n) is 2.27. The van der Waals surface area contributed by atoms with E-state index in [2.05, 4.69) is 18.7 Å². The van der Waals surface area contributed by atoms with Gasteiger partial charge in [0.1, 0.15) is 0 Å². The Hall–Kier alpha value is -0.900. The van der Waals surface area contributed by atoms with Crippen LogP contribution in [0.5, 0.6) is 0 Å². The van der Waals surface area contributed by atoms with Crippen molar-refractivity contribution >= 4 is 11.8 Å². The molecule has 2 aliphatic heterocycles. The van der Waals surface area contributed by atoms with Crippen LogP contribution in [0.3, 0.4) is 0 Å². The van der Waals surface area contributed by atoms with Gasteiger partial charge in [-0.15, -0.1) is 0 Å². The van der Waals surface area contributed by atoms with E-state index in [1.54, 1.807) is 0 Å². The van der Waals surface area contributed by atoms with E-state index in [1.165, 1.54) is 4.90 Å². The highest BCUT2D eigenvalue weighted by molar-refractivity contribution is 6.02. The van der Waals surface area contributed by atoms with Gasteiger partial charge in [0.05, 0.1) is 6.04 Å². The van der Waals surface area contributed by atoms with Crippen LogP contribution in [0.4, 0.5) is 0 Å². The zero-order valence-corrected chi connectivity index (χ0v) is 9.40. The van der Waals surface area contributed by atoms with Gasteiger partial charge in [-0.2, -0.15) is 0 Å². The molecule has 0 aromatic heterocycles. The Morgan fingerprint density at radius 3 is 2.27 bits per heavy atom. The first-order valence-electron chi connectivity index (χ1n) is 5.72. The van der Waals surface area contributed by atoms with Gasteiger partial charge in [0, 0.05) is 32.0 Å². The van der Waals surface area contributed by atoms with E-state index in [0.29, 0.717) is 18.9 Å². The Bertz CT molecular complexity index is 268. The zero-order chi connectivity index (χ0) is 11.0. The Kier molecular flexibility index (Phi) is 2.78. The summed E-state index contributed by atoms with van der Waals surface area (Å²) in [5.41, 5.74) is 0. The van der Waals surface area contributed by atoms with Crippen LogP contribution in [0, 0.1) is 0 Å². The van der Waals surface area contributed by atoms with Crippen molar-refractivity contribution in [1.82, 2.24) is 9.80 Å². The number of hydrogen-bond donors (Lipinski definition) is 0. The smallest absolute Gasteiger partial charge is 0.230 e. The second kappa shape index (κ2) is 3.93. The van der Waals surface area contributed by atoms with Gasteiger partial charge in [0.25, 0.3) is 0 Å². The standard InChI is InChI=1S/C11H18N2O2/c1-3-8(2)12-6-9(7-12)13-10(14)4-5-11(13)15/h8-9H,3-7H2,1-2H3. The van der Waals surface area contributed by atoms with Crippen LogP contribution in [-0.2, 0) is 9.59 Å². The maximum absolute atomic E-state index is 11.5. The predicted octanol–water partition coefficient (Wildman–Crippen LogP) is 0.618. The first-order valence-corrected chi connectivity index (χ1v) is 5.72. The van der Waals surface area contributed by atoms with Gasteiger partial charge in [-0.3, -0.25) is 19.4 Å². The van der Waals surface area contributed by atoms with Gasteiger partial charge in [-0.1, -0.05) is 6.92 Å². The fourth-order valence-corrected chi connectivity index (χ4v) is 2.27. The highest BCUT2D eigenvalue weighted by Crippen LogP contribution is 2.24. The molecule has 4 heteroatoms. The second-order valence-corrected chi connectivity index (χ2v) is 4.52. The molecule has 0 aromatic rings. The molecule has 2 aliphatic rings. The number of imide groups is 1. The number of rotatable bonds is 3. The lowest BCUT2D eigenvalue weighted by Crippen LogP contribution is -2.62. The van der Waals surface area contributed by atoms with Crippen molar-refractivity contribution in [3.8, 4) is 0 Å². The maximum Gasteiger partial charge on any atom is 0.230 e. The van der Waals surface area contributed by atoms with E-state index in [9.17, 15) is 9.59 Å². The fraction of sp³-hybridized carbons (Fsp3) is 0.818. The van der Waals surface area contributed by atoms with Crippen molar-refractivity contribution in [3.63, 3.8) is 0 Å². The van der Waals surface area contributed by atoms with Crippen LogP contribution in [-0.4, -0.2) is 46.8 Å². The summed E-state index contributed by atoms with van der Waals surface area (Å²) in [6, 6.07) is 0.718. The third-order valence-electron chi connectivity index (χ3n) is 3.56. The van der Waals surface area contributed by atoms with Crippen molar-refractivity contribution in [2.45, 2.75) is 45.2 Å². The van der Waals surface area contributed by atoms with Gasteiger partial charge in [-0.05, 0) is 13.3 Å². The minimum atomic E-state index is 0.0220. The van der Waals surface area contributed by atoms with Crippen molar-refractivity contribution in [3.05, 3.63) is 0 Å². The molecular weight excluding hydrogens is 192 g/mol. The third kappa shape index (κ3) is 1.78. The summed E-state index contributed by atoms with van der Waals surface area (Å²) in [5.74, 6) is 0.0441. The molecule has 4 nitrogen and oxygen atoms in total. The van der Waals surface area contributed by atoms with E-state index < -0.39 is 0 Å². The summed E-state index contributed by atoms with van der Waals surface area (Å²) in [6.07, 6.45) is 1.95. The monoisotopic (exact) mass is 210 g/mol. The molecular formula is C11H18N2O2. The molecule has 15 heavy (non-hydrogen) atoms. The molecule has 0 radical (unpaired) electrons. The van der Waals surface area contributed by atoms with Gasteiger partial charge in [0.15, 0.2) is 0 Å². The summed E-state index contributed by atoms with van der Waals surface area (Å²) in [6.45, 7) is 6.08. The topological polar surface area (TPSA) is 40.6 Å². The molecule has 0 spiro atoms. The van der Waals surface area contributed by atoms with Crippen LogP contribution in [0.1, 0.15) is 33.1 Å². The minimum Gasteiger partial charge on any atom is -0.296 e. The summed E-state index contributed by atoms with van der Waals surface area (Å²) in [4.78, 5) is 26.7. The molecule has 2 saturated heterocycles. The molecule has 0 saturated carbocycles. The van der Waals surface area contributed by atoms with Crippen LogP contribution < -0.4 is 0 Å². The molecule has 1 atom stereocenters. The Labute approximate surface area is 90.2 Å². The number of carbonyl (C=O) groups excluding carboxylic acids is 2. The molecule has 0 aliphatic carbocycles. The van der Waals surface area contributed by atoms with Gasteiger partial charge in [0.2, 0.25) is 11.8 Å². The molecule has 84 valence electrons. The Morgan fingerprint density at radius 2 is 1.80 bits per heavy atom. The summed E-state index contributed by atoms with van der Waals surface area (Å²) in [7, 11) is 0. The van der Waals surface area contributed by atoms with Crippen LogP contribution in [0.2, 0.25) is 0 Å². The number of amides is 2. The van der Waals surface area contributed by atoms with Crippen molar-refractivity contribution < 1.29 is 9.59 Å². The van der Waals surface area contributed by atoms with Crippen LogP contribution in [0.25, 0.3) is 0 Å². The molecule has 0 bridgehead atoms. The second-order valence-electron chi connectivity index (χ2n) is 4.52. The minimum absolute atomic E-state index is 0.0220. The Morgan fingerprint density at radius 1 is 1.27 bits per heavy atom. The normalized spacial score (nSPS) is 25.9. The summed E-state index contributed by atoms with van der Waals surface area (Å²) in [5, 5.41) is 0. The predicted molar refractivity (Wildman–Crippen MR) is 56.2 cm³/mol. The van der Waals surface area contributed by atoms with Crippen molar-refractivity contribution in [1.29, 1.82) is 0 Å². The highest BCUT2D eigenvalue weighted by Gasteiger charge is 2.41. The maximum atomic E-state index is 11.5. The summed E-state index contributed by atoms with van der Waals surface area (Å²) < 4.78 is 0. The van der Waals surface area contributed by atoms with Gasteiger partial charge in [-0.25, -0.2) is 0 Å². The molecule has 2 amide bonds. The SMILES string of the molecule is CCC(C)N1CC(N2C(=O)CCC2=O)C1. The average Bonchev–Trinajstić information content (AvgIpc) is 2.46. The van der Waals surface area contributed by atoms with Crippen LogP contribution >= 0.6 is 0 Å². The highest BCUT2D eigenvalue weighted by atomic mass is 16.2. The number of hydrogen-bond acceptors (Lipinski definition) is 3. The van der Waals surface area contributed by atoms with Crippen molar-refractivity contribution in [2.24, 2.45) is 0 Å². The van der Waals surface area contributed by atoms with E-state index in [4.69, 9.17) is 0 Å². The van der Waals surface area contributed by atoms with Crippen LogP contribution in [0.15, 0.2) is 0 Å². The number of carbonyl (C=O) groups is 2. The largest absolute Gasteiger partial charge is 0.296 e. The first kappa shape index (κ1) is 10.6. The Balaban J connectivity index is 1.89. The molecule has 1 unspecified atom stereocenters. The average molecular weight is 210 g/mol. The van der Waals surface area contributed by atoms with Crippen molar-refractivity contribution in [2.75, 3.05) is 13.1 Å². The quantitative estimate of drug-likeness (QED) is 0.641. The van der Waals surface area contributed by atoms with E-state index in [1.807, 2.05) is 0 Å². The lowest BCUT2D eigenvalue weighted by Gasteiger charge is -2.46. The molecule has 0 N–H and O–H groups in total. The lowest BCUT2D eigenvalue weighted by molar-refractivity contribution is -0.145. The number of likely N-dealkylation sites (tertiary alicyclic amines) is 2. The first-order chi connectivity index (χ1) is 7.13. The summed E-state index contributed by atoms with van der Waals surface area (Å²) >= 11 is 0. The third-order valence-corrected chi connectivity index (χ3v) is 3.56. The van der Waals surface area contributed by atoms with Gasteiger partial charge >= 0.3 is 0 Å². The van der Waals surface area contributed by atoms with E-state index >= 15 is 0 Å². The number of nitrogens with zero attached hydrogens (tertiary/aromatic N) is 2. The van der Waals surface area contributed by atoms with E-state index in [0.717, 1.165) is 19.5 Å². The zero-order valence-electron chi connectivity index (χ0n) is 9.40. The molecule has 0 aromatic carbocycles.